The summed E-state index contributed by atoms with van der Waals surface area (Å²) in [4.78, 5) is 37.4. The van der Waals surface area contributed by atoms with Gasteiger partial charge >= 0.3 is 11.9 Å². The van der Waals surface area contributed by atoms with E-state index in [2.05, 4.69) is 36.9 Å². The molecule has 0 spiro atoms. The zero-order chi connectivity index (χ0) is 28.2. The molecule has 0 aliphatic heterocycles. The summed E-state index contributed by atoms with van der Waals surface area (Å²) in [5, 5.41) is 9.20. The van der Waals surface area contributed by atoms with Crippen LogP contribution < -0.4 is 4.74 Å². The van der Waals surface area contributed by atoms with Crippen LogP contribution in [-0.2, 0) is 16.0 Å². The van der Waals surface area contributed by atoms with Crippen molar-refractivity contribution in [3.63, 3.8) is 0 Å². The second kappa shape index (κ2) is 14.9. The topological polar surface area (TPSA) is 89.9 Å². The number of aryl methyl sites for hydroxylation is 2. The Morgan fingerprint density at radius 3 is 2.46 bits per heavy atom. The molecule has 204 valence electrons. The molecule has 0 radical (unpaired) electrons. The normalized spacial score (nSPS) is 10.9. The highest BCUT2D eigenvalue weighted by molar-refractivity contribution is 7.80. The molecule has 0 unspecified atom stereocenters. The lowest BCUT2D eigenvalue weighted by molar-refractivity contribution is -0.136. The third-order valence-electron chi connectivity index (χ3n) is 6.07. The summed E-state index contributed by atoms with van der Waals surface area (Å²) in [5.74, 6) is -1.11. The van der Waals surface area contributed by atoms with Crippen LogP contribution in [0.5, 0.6) is 5.75 Å². The van der Waals surface area contributed by atoms with Gasteiger partial charge in [-0.25, -0.2) is 4.79 Å². The van der Waals surface area contributed by atoms with E-state index in [1.807, 2.05) is 13.0 Å². The van der Waals surface area contributed by atoms with Gasteiger partial charge in [-0.1, -0.05) is 36.4 Å². The van der Waals surface area contributed by atoms with Crippen molar-refractivity contribution in [3.8, 4) is 5.75 Å². The Morgan fingerprint density at radius 1 is 0.949 bits per heavy atom. The molecule has 7 heteroatoms. The molecule has 0 aliphatic rings. The summed E-state index contributed by atoms with van der Waals surface area (Å²) in [6.07, 6.45) is 7.01. The predicted molar refractivity (Wildman–Crippen MR) is 155 cm³/mol. The van der Waals surface area contributed by atoms with Crippen LogP contribution in [0.4, 0.5) is 0 Å². The molecule has 0 aromatic heterocycles. The summed E-state index contributed by atoms with van der Waals surface area (Å²) in [5.41, 5.74) is 3.97. The maximum absolute atomic E-state index is 13.2. The van der Waals surface area contributed by atoms with Crippen molar-refractivity contribution in [2.75, 3.05) is 13.2 Å². The average molecular weight is 547 g/mol. The van der Waals surface area contributed by atoms with Gasteiger partial charge in [-0.15, -0.1) is 12.6 Å². The fraction of sp³-hybridized carbons (Fsp3) is 0.281. The molecule has 0 heterocycles. The Morgan fingerprint density at radius 2 is 1.72 bits per heavy atom. The molecule has 0 bridgehead atoms. The summed E-state index contributed by atoms with van der Waals surface area (Å²) in [6.45, 7) is 4.48. The molecule has 0 fully saturated rings. The zero-order valence-electron chi connectivity index (χ0n) is 22.3. The number of benzene rings is 3. The minimum atomic E-state index is -0.926. The molecule has 3 aromatic rings. The van der Waals surface area contributed by atoms with Crippen molar-refractivity contribution in [1.29, 1.82) is 0 Å². The van der Waals surface area contributed by atoms with Crippen LogP contribution in [0.25, 0.3) is 6.08 Å². The molecule has 0 amide bonds. The van der Waals surface area contributed by atoms with Crippen molar-refractivity contribution >= 4 is 36.4 Å². The number of carboxylic acid groups (broad SMARTS) is 1. The summed E-state index contributed by atoms with van der Waals surface area (Å²) >= 11 is 4.52. The first kappa shape index (κ1) is 29.7. The highest BCUT2D eigenvalue weighted by Crippen LogP contribution is 2.25. The Bertz CT molecular complexity index is 1340. The molecule has 0 saturated heterocycles. The van der Waals surface area contributed by atoms with E-state index >= 15 is 0 Å². The molecule has 6 nitrogen and oxygen atoms in total. The standard InChI is InChI=1S/C32H34O6S/c1-3-37-32(36)27-11-8-10-25(21-27)31(35)26-14-16-28(24(20-26)15-17-30(33)34)38-18-7-5-4-6-9-23-13-12-22(2)19-29(23)39/h6,8-14,16,19-21,39H,3-5,7,15,17-18H2,1-2H3,(H,33,34)/b9-6+. The molecule has 0 atom stereocenters. The van der Waals surface area contributed by atoms with Crippen molar-refractivity contribution in [3.05, 3.63) is 100 Å². The molecule has 3 aromatic carbocycles. The number of esters is 1. The minimum Gasteiger partial charge on any atom is -0.493 e. The molecule has 3 rings (SSSR count). The van der Waals surface area contributed by atoms with E-state index in [1.54, 1.807) is 43.3 Å². The van der Waals surface area contributed by atoms with E-state index in [1.165, 1.54) is 11.6 Å². The Balaban J connectivity index is 1.62. The number of hydrogen-bond donors (Lipinski definition) is 2. The number of unbranched alkanes of at least 4 members (excludes halogenated alkanes) is 2. The number of aliphatic carboxylic acids is 1. The summed E-state index contributed by atoms with van der Waals surface area (Å²) in [6, 6.07) is 17.6. The van der Waals surface area contributed by atoms with Gasteiger partial charge in [-0.2, -0.15) is 0 Å². The van der Waals surface area contributed by atoms with Crippen molar-refractivity contribution < 1.29 is 29.0 Å². The smallest absolute Gasteiger partial charge is 0.338 e. The third kappa shape index (κ3) is 9.14. The van der Waals surface area contributed by atoms with E-state index in [0.29, 0.717) is 34.6 Å². The first-order chi connectivity index (χ1) is 18.8. The van der Waals surface area contributed by atoms with Gasteiger partial charge in [-0.3, -0.25) is 9.59 Å². The molecule has 1 N–H and O–H groups in total. The van der Waals surface area contributed by atoms with Crippen molar-refractivity contribution in [2.45, 2.75) is 50.8 Å². The lowest BCUT2D eigenvalue weighted by Crippen LogP contribution is -2.09. The van der Waals surface area contributed by atoms with Crippen LogP contribution in [0, 0.1) is 6.92 Å². The maximum atomic E-state index is 13.2. The fourth-order valence-electron chi connectivity index (χ4n) is 4.02. The van der Waals surface area contributed by atoms with Crippen LogP contribution in [0.15, 0.2) is 71.6 Å². The van der Waals surface area contributed by atoms with Crippen LogP contribution in [0.2, 0.25) is 0 Å². The second-order valence-corrected chi connectivity index (χ2v) is 9.64. The van der Waals surface area contributed by atoms with E-state index in [0.717, 1.165) is 29.7 Å². The zero-order valence-corrected chi connectivity index (χ0v) is 23.2. The summed E-state index contributed by atoms with van der Waals surface area (Å²) in [7, 11) is 0. The highest BCUT2D eigenvalue weighted by atomic mass is 32.1. The molecular formula is C32H34O6S. The number of thiol groups is 1. The van der Waals surface area contributed by atoms with Crippen molar-refractivity contribution in [2.24, 2.45) is 0 Å². The first-order valence-corrected chi connectivity index (χ1v) is 13.5. The number of ketones is 1. The largest absolute Gasteiger partial charge is 0.493 e. The van der Waals surface area contributed by atoms with Crippen LogP contribution in [0.1, 0.15) is 75.6 Å². The first-order valence-electron chi connectivity index (χ1n) is 13.0. The minimum absolute atomic E-state index is 0.0801. The van der Waals surface area contributed by atoms with Gasteiger partial charge < -0.3 is 14.6 Å². The van der Waals surface area contributed by atoms with Gasteiger partial charge in [0, 0.05) is 22.4 Å². The quantitative estimate of drug-likeness (QED) is 0.0982. The van der Waals surface area contributed by atoms with E-state index in [-0.39, 0.29) is 25.2 Å². The number of rotatable bonds is 14. The number of ether oxygens (including phenoxy) is 2. The SMILES string of the molecule is CCOC(=O)c1cccc(C(=O)c2ccc(OCCCC/C=C/c3ccc(C)cc3S)c(CCC(=O)O)c2)c1. The van der Waals surface area contributed by atoms with Gasteiger partial charge in [-0.05, 0) is 92.6 Å². The number of hydrogen-bond acceptors (Lipinski definition) is 6. The molecule has 0 saturated carbocycles. The van der Waals surface area contributed by atoms with E-state index < -0.39 is 11.9 Å². The van der Waals surface area contributed by atoms with E-state index in [4.69, 9.17) is 9.47 Å². The lowest BCUT2D eigenvalue weighted by Gasteiger charge is -2.13. The number of carbonyl (C=O) groups is 3. The number of carbonyl (C=O) groups excluding carboxylic acids is 2. The van der Waals surface area contributed by atoms with Crippen LogP contribution >= 0.6 is 12.6 Å². The highest BCUT2D eigenvalue weighted by Gasteiger charge is 2.16. The third-order valence-corrected chi connectivity index (χ3v) is 6.46. The van der Waals surface area contributed by atoms with Gasteiger partial charge in [0.25, 0.3) is 0 Å². The Labute approximate surface area is 235 Å². The Kier molecular flexibility index (Phi) is 11.4. The lowest BCUT2D eigenvalue weighted by atomic mass is 9.98. The second-order valence-electron chi connectivity index (χ2n) is 9.16. The number of allylic oxidation sites excluding steroid dienone is 1. The fourth-order valence-corrected chi connectivity index (χ4v) is 4.37. The Hall–Kier alpha value is -3.84. The number of carboxylic acids is 1. The summed E-state index contributed by atoms with van der Waals surface area (Å²) < 4.78 is 11.0. The van der Waals surface area contributed by atoms with Gasteiger partial charge in [0.05, 0.1) is 18.8 Å². The van der Waals surface area contributed by atoms with Crippen LogP contribution in [-0.4, -0.2) is 36.0 Å². The van der Waals surface area contributed by atoms with Gasteiger partial charge in [0.2, 0.25) is 0 Å². The maximum Gasteiger partial charge on any atom is 0.338 e. The molecule has 39 heavy (non-hydrogen) atoms. The predicted octanol–water partition coefficient (Wildman–Crippen LogP) is 6.97. The van der Waals surface area contributed by atoms with E-state index in [9.17, 15) is 19.5 Å². The van der Waals surface area contributed by atoms with Gasteiger partial charge in [0.1, 0.15) is 5.75 Å². The molecular weight excluding hydrogens is 512 g/mol. The molecule has 0 aliphatic carbocycles. The monoisotopic (exact) mass is 546 g/mol. The van der Waals surface area contributed by atoms with Crippen LogP contribution in [0.3, 0.4) is 0 Å². The van der Waals surface area contributed by atoms with Gasteiger partial charge in [0.15, 0.2) is 5.78 Å². The average Bonchev–Trinajstić information content (AvgIpc) is 2.92. The van der Waals surface area contributed by atoms with Crippen molar-refractivity contribution in [1.82, 2.24) is 0 Å².